The SMILES string of the molecule is C=CC1CCCC1.CC.CC(C)(O)O.O=S(=O)(O)C(F)(F)F. The second-order valence-corrected chi connectivity index (χ2v) is 6.11. The molecule has 0 atom stereocenters. The van der Waals surface area contributed by atoms with Gasteiger partial charge in [0, 0.05) is 0 Å². The lowest BCUT2D eigenvalue weighted by atomic mass is 10.1. The van der Waals surface area contributed by atoms with Crippen LogP contribution in [0.3, 0.4) is 0 Å². The van der Waals surface area contributed by atoms with Crippen LogP contribution >= 0.6 is 0 Å². The van der Waals surface area contributed by atoms with Crippen molar-refractivity contribution < 1.29 is 36.4 Å². The average molecular weight is 352 g/mol. The minimum Gasteiger partial charge on any atom is -0.366 e. The van der Waals surface area contributed by atoms with Crippen LogP contribution in [0.1, 0.15) is 53.4 Å². The molecule has 0 aromatic carbocycles. The molecule has 0 aromatic heterocycles. The van der Waals surface area contributed by atoms with Gasteiger partial charge >= 0.3 is 15.6 Å². The van der Waals surface area contributed by atoms with Gasteiger partial charge in [-0.05, 0) is 32.6 Å². The van der Waals surface area contributed by atoms with Crippen molar-refractivity contribution in [3.63, 3.8) is 0 Å². The Labute approximate surface area is 130 Å². The van der Waals surface area contributed by atoms with E-state index in [1.807, 2.05) is 13.8 Å². The third kappa shape index (κ3) is 21.7. The summed E-state index contributed by atoms with van der Waals surface area (Å²) in [4.78, 5) is 0. The summed E-state index contributed by atoms with van der Waals surface area (Å²) in [6.45, 7) is 10.3. The van der Waals surface area contributed by atoms with Gasteiger partial charge in [0.2, 0.25) is 0 Å². The van der Waals surface area contributed by atoms with E-state index in [2.05, 4.69) is 12.7 Å². The maximum atomic E-state index is 10.7. The molecule has 22 heavy (non-hydrogen) atoms. The van der Waals surface area contributed by atoms with E-state index in [1.54, 1.807) is 0 Å². The Kier molecular flexibility index (Phi) is 14.2. The molecule has 0 aromatic rings. The molecule has 1 aliphatic rings. The molecule has 3 N–H and O–H groups in total. The smallest absolute Gasteiger partial charge is 0.366 e. The summed E-state index contributed by atoms with van der Waals surface area (Å²) in [5, 5.41) is 16.2. The first kappa shape index (κ1) is 26.3. The van der Waals surface area contributed by atoms with Crippen LogP contribution in [0, 0.1) is 5.92 Å². The van der Waals surface area contributed by atoms with E-state index in [4.69, 9.17) is 23.2 Å². The summed E-state index contributed by atoms with van der Waals surface area (Å²) in [5.41, 5.74) is -5.53. The Balaban J connectivity index is -0.000000238. The van der Waals surface area contributed by atoms with Crippen molar-refractivity contribution in [2.45, 2.75) is 64.7 Å². The molecule has 0 aliphatic heterocycles. The van der Waals surface area contributed by atoms with Crippen molar-refractivity contribution in [1.29, 1.82) is 0 Å². The van der Waals surface area contributed by atoms with Crippen LogP contribution in [0.2, 0.25) is 0 Å². The molecule has 0 unspecified atom stereocenters. The number of aliphatic hydroxyl groups is 2. The zero-order chi connectivity index (χ0) is 18.6. The first-order valence-corrected chi connectivity index (χ1v) is 8.23. The molecule has 1 rings (SSSR count). The third-order valence-corrected chi connectivity index (χ3v) is 2.61. The lowest BCUT2D eigenvalue weighted by molar-refractivity contribution is -0.127. The Hall–Kier alpha value is -0.640. The topological polar surface area (TPSA) is 94.8 Å². The third-order valence-electron chi connectivity index (χ3n) is 2.03. The second kappa shape index (κ2) is 11.9. The van der Waals surface area contributed by atoms with Crippen LogP contribution in [0.25, 0.3) is 0 Å². The zero-order valence-electron chi connectivity index (χ0n) is 13.4. The highest BCUT2D eigenvalue weighted by molar-refractivity contribution is 7.86. The summed E-state index contributed by atoms with van der Waals surface area (Å²) in [6.07, 6.45) is 7.73. The van der Waals surface area contributed by atoms with Gasteiger partial charge in [-0.3, -0.25) is 4.55 Å². The van der Waals surface area contributed by atoms with E-state index >= 15 is 0 Å². The Bertz CT molecular complexity index is 360. The molecule has 1 saturated carbocycles. The van der Waals surface area contributed by atoms with Crippen LogP contribution in [-0.4, -0.2) is 34.5 Å². The normalized spacial score (nSPS) is 15.4. The molecular formula is C13H27F3O5S. The molecule has 0 spiro atoms. The molecule has 5 nitrogen and oxygen atoms in total. The van der Waals surface area contributed by atoms with Crippen LogP contribution in [0.5, 0.6) is 0 Å². The van der Waals surface area contributed by atoms with Crippen molar-refractivity contribution in [2.75, 3.05) is 0 Å². The van der Waals surface area contributed by atoms with E-state index < -0.39 is 21.4 Å². The van der Waals surface area contributed by atoms with Crippen LogP contribution in [-0.2, 0) is 10.1 Å². The van der Waals surface area contributed by atoms with Gasteiger partial charge in [0.1, 0.15) is 0 Å². The highest BCUT2D eigenvalue weighted by atomic mass is 32.2. The van der Waals surface area contributed by atoms with Crippen LogP contribution in [0.4, 0.5) is 13.2 Å². The summed E-state index contributed by atoms with van der Waals surface area (Å²) < 4.78 is 57.5. The molecule has 0 amide bonds. The van der Waals surface area contributed by atoms with Gasteiger partial charge in [-0.25, -0.2) is 0 Å². The highest BCUT2D eigenvalue weighted by Gasteiger charge is 2.44. The van der Waals surface area contributed by atoms with Gasteiger partial charge in [-0.15, -0.1) is 6.58 Å². The number of alkyl halides is 3. The monoisotopic (exact) mass is 352 g/mol. The molecule has 0 radical (unpaired) electrons. The Morgan fingerprint density at radius 2 is 1.32 bits per heavy atom. The van der Waals surface area contributed by atoms with Crippen molar-refractivity contribution in [1.82, 2.24) is 0 Å². The number of rotatable bonds is 1. The fraction of sp³-hybridized carbons (Fsp3) is 0.846. The highest BCUT2D eigenvalue weighted by Crippen LogP contribution is 2.24. The zero-order valence-corrected chi connectivity index (χ0v) is 14.2. The van der Waals surface area contributed by atoms with E-state index in [9.17, 15) is 13.2 Å². The number of halogens is 3. The molecule has 0 heterocycles. The van der Waals surface area contributed by atoms with Crippen molar-refractivity contribution >= 4 is 10.1 Å². The van der Waals surface area contributed by atoms with E-state index in [-0.39, 0.29) is 0 Å². The fourth-order valence-corrected chi connectivity index (χ4v) is 1.19. The van der Waals surface area contributed by atoms with Gasteiger partial charge in [0.05, 0.1) is 0 Å². The van der Waals surface area contributed by atoms with Crippen molar-refractivity contribution in [3.8, 4) is 0 Å². The van der Waals surface area contributed by atoms with Gasteiger partial charge < -0.3 is 10.2 Å². The van der Waals surface area contributed by atoms with Crippen molar-refractivity contribution in [2.24, 2.45) is 5.92 Å². The average Bonchev–Trinajstić information content (AvgIpc) is 2.80. The minimum absolute atomic E-state index is 0.861. The van der Waals surface area contributed by atoms with E-state index in [0.717, 1.165) is 5.92 Å². The van der Waals surface area contributed by atoms with Gasteiger partial charge in [0.25, 0.3) is 0 Å². The first-order valence-electron chi connectivity index (χ1n) is 6.79. The van der Waals surface area contributed by atoms with E-state index in [0.29, 0.717) is 0 Å². The lowest BCUT2D eigenvalue weighted by Gasteiger charge is -2.03. The van der Waals surface area contributed by atoms with Gasteiger partial charge in [0.15, 0.2) is 5.79 Å². The summed E-state index contributed by atoms with van der Waals surface area (Å²) in [7, 11) is -5.84. The summed E-state index contributed by atoms with van der Waals surface area (Å²) in [5.74, 6) is -0.639. The molecule has 0 bridgehead atoms. The molecule has 1 aliphatic carbocycles. The molecule has 0 saturated heterocycles. The minimum atomic E-state index is -5.84. The maximum Gasteiger partial charge on any atom is 0.522 e. The molecular weight excluding hydrogens is 325 g/mol. The van der Waals surface area contributed by atoms with Crippen LogP contribution in [0.15, 0.2) is 12.7 Å². The van der Waals surface area contributed by atoms with Gasteiger partial charge in [-0.1, -0.05) is 32.8 Å². The number of allylic oxidation sites excluding steroid dienone is 1. The predicted molar refractivity (Wildman–Crippen MR) is 79.6 cm³/mol. The molecule has 1 fully saturated rings. The lowest BCUT2D eigenvalue weighted by Crippen LogP contribution is -2.21. The molecule has 136 valence electrons. The molecule has 9 heteroatoms. The largest absolute Gasteiger partial charge is 0.522 e. The first-order chi connectivity index (χ1) is 9.68. The quantitative estimate of drug-likeness (QED) is 0.291. The summed E-state index contributed by atoms with van der Waals surface area (Å²) in [6, 6.07) is 0. The second-order valence-electron chi connectivity index (χ2n) is 4.70. The standard InChI is InChI=1S/C7H12.C3H8O2.C2H6.CHF3O3S/c1-2-7-5-3-4-6-7;1-3(2,4)5;1-2;2-1(3,4)8(5,6)7/h2,7H,1,3-6H2;4-5H,1-2H3;1-2H3;(H,5,6,7). The summed E-state index contributed by atoms with van der Waals surface area (Å²) >= 11 is 0. The number of hydrogen-bond acceptors (Lipinski definition) is 4. The maximum absolute atomic E-state index is 10.7. The fourth-order valence-electron chi connectivity index (χ4n) is 1.19. The van der Waals surface area contributed by atoms with Crippen LogP contribution < -0.4 is 0 Å². The Morgan fingerprint density at radius 1 is 1.09 bits per heavy atom. The van der Waals surface area contributed by atoms with Gasteiger partial charge in [-0.2, -0.15) is 21.6 Å². The predicted octanol–water partition coefficient (Wildman–Crippen LogP) is 3.49. The van der Waals surface area contributed by atoms with E-state index in [1.165, 1.54) is 39.5 Å². The number of hydrogen-bond donors (Lipinski definition) is 3. The van der Waals surface area contributed by atoms with Crippen molar-refractivity contribution in [3.05, 3.63) is 12.7 Å². The Morgan fingerprint density at radius 3 is 1.41 bits per heavy atom.